The lowest BCUT2D eigenvalue weighted by Crippen LogP contribution is -2.39. The zero-order valence-corrected chi connectivity index (χ0v) is 13.8. The average molecular weight is 354 g/mol. The van der Waals surface area contributed by atoms with E-state index in [2.05, 4.69) is 5.32 Å². The Balaban J connectivity index is 2.86. The van der Waals surface area contributed by atoms with E-state index in [0.29, 0.717) is 11.6 Å². The topological polar surface area (TPSA) is 69.6 Å². The van der Waals surface area contributed by atoms with Crippen molar-refractivity contribution in [2.75, 3.05) is 18.4 Å². The number of rotatable bonds is 5. The van der Waals surface area contributed by atoms with Gasteiger partial charge in [-0.3, -0.25) is 4.79 Å². The number of benzene rings is 1. The number of hydrogen-bond acceptors (Lipinski definition) is 2. The summed E-state index contributed by atoms with van der Waals surface area (Å²) in [6.45, 7) is 3.71. The van der Waals surface area contributed by atoms with Crippen molar-refractivity contribution in [1.29, 1.82) is 0 Å². The lowest BCUT2D eigenvalue weighted by atomic mass is 10.2. The van der Waals surface area contributed by atoms with Gasteiger partial charge in [-0.2, -0.15) is 0 Å². The number of aliphatic carboxylic acids is 1. The van der Waals surface area contributed by atoms with E-state index in [9.17, 15) is 9.59 Å². The summed E-state index contributed by atoms with van der Waals surface area (Å²) in [6.07, 6.45) is 0. The largest absolute Gasteiger partial charge is 0.481 e. The van der Waals surface area contributed by atoms with Crippen molar-refractivity contribution in [2.45, 2.75) is 13.8 Å². The van der Waals surface area contributed by atoms with Crippen LogP contribution in [0.2, 0.25) is 15.1 Å². The molecule has 1 aromatic carbocycles. The molecule has 0 aliphatic heterocycles. The van der Waals surface area contributed by atoms with E-state index in [4.69, 9.17) is 39.9 Å². The van der Waals surface area contributed by atoms with E-state index < -0.39 is 17.9 Å². The maximum absolute atomic E-state index is 12.2. The average Bonchev–Trinajstić information content (AvgIpc) is 2.39. The highest BCUT2D eigenvalue weighted by Gasteiger charge is 2.20. The number of carbonyl (C=O) groups is 2. The molecule has 0 spiro atoms. The van der Waals surface area contributed by atoms with Crippen LogP contribution in [0.4, 0.5) is 10.5 Å². The second-order valence-corrected chi connectivity index (χ2v) is 5.70. The number of amides is 2. The van der Waals surface area contributed by atoms with Crippen LogP contribution in [0, 0.1) is 5.92 Å². The minimum atomic E-state index is -0.969. The zero-order chi connectivity index (χ0) is 16.2. The predicted molar refractivity (Wildman–Crippen MR) is 84.5 cm³/mol. The highest BCUT2D eigenvalue weighted by atomic mass is 35.5. The van der Waals surface area contributed by atoms with Gasteiger partial charge in [0.2, 0.25) is 0 Å². The molecule has 1 atom stereocenters. The molecule has 0 aliphatic carbocycles. The standard InChI is InChI=1S/C13H15Cl3N2O3/c1-3-18(6-7(2)12(19)20)13(21)17-11-9(15)4-8(14)5-10(11)16/h4-5,7H,3,6H2,1-2H3,(H,17,21)(H,19,20). The van der Waals surface area contributed by atoms with Gasteiger partial charge >= 0.3 is 12.0 Å². The molecule has 1 rings (SSSR count). The number of carboxylic acids is 1. The molecule has 1 unspecified atom stereocenters. The van der Waals surface area contributed by atoms with Crippen molar-refractivity contribution in [3.63, 3.8) is 0 Å². The molecule has 5 nitrogen and oxygen atoms in total. The van der Waals surface area contributed by atoms with Crippen LogP contribution in [0.1, 0.15) is 13.8 Å². The first-order valence-corrected chi connectivity index (χ1v) is 7.32. The molecule has 8 heteroatoms. The monoisotopic (exact) mass is 352 g/mol. The van der Waals surface area contributed by atoms with Crippen LogP contribution in [0.25, 0.3) is 0 Å². The van der Waals surface area contributed by atoms with Gasteiger partial charge in [-0.1, -0.05) is 41.7 Å². The fraction of sp³-hybridized carbons (Fsp3) is 0.385. The van der Waals surface area contributed by atoms with Crippen LogP contribution in [0.5, 0.6) is 0 Å². The Labute approximate surface area is 137 Å². The minimum absolute atomic E-state index is 0.0838. The maximum Gasteiger partial charge on any atom is 0.321 e. The third-order valence-electron chi connectivity index (χ3n) is 2.82. The molecule has 0 bridgehead atoms. The zero-order valence-electron chi connectivity index (χ0n) is 11.5. The molecule has 2 amide bonds. The molecule has 0 saturated heterocycles. The molecular weight excluding hydrogens is 339 g/mol. The van der Waals surface area contributed by atoms with Gasteiger partial charge in [-0.05, 0) is 19.1 Å². The highest BCUT2D eigenvalue weighted by molar-refractivity contribution is 6.42. The minimum Gasteiger partial charge on any atom is -0.481 e. The van der Waals surface area contributed by atoms with Gasteiger partial charge in [0.1, 0.15) is 0 Å². The fourth-order valence-electron chi connectivity index (χ4n) is 1.61. The molecule has 0 heterocycles. The number of urea groups is 1. The molecular formula is C13H15Cl3N2O3. The lowest BCUT2D eigenvalue weighted by Gasteiger charge is -2.23. The molecule has 2 N–H and O–H groups in total. The fourth-order valence-corrected chi connectivity index (χ4v) is 2.52. The number of anilines is 1. The van der Waals surface area contributed by atoms with Gasteiger partial charge in [0, 0.05) is 18.1 Å². The number of carboxylic acid groups (broad SMARTS) is 1. The summed E-state index contributed by atoms with van der Waals surface area (Å²) in [6, 6.07) is 2.44. The van der Waals surface area contributed by atoms with Crippen LogP contribution < -0.4 is 5.32 Å². The summed E-state index contributed by atoms with van der Waals surface area (Å²) < 4.78 is 0. The summed E-state index contributed by atoms with van der Waals surface area (Å²) in [4.78, 5) is 24.4. The van der Waals surface area contributed by atoms with E-state index in [1.165, 1.54) is 24.0 Å². The normalized spacial score (nSPS) is 11.9. The van der Waals surface area contributed by atoms with Crippen LogP contribution in [-0.2, 0) is 4.79 Å². The third-order valence-corrected chi connectivity index (χ3v) is 3.64. The number of halogens is 3. The summed E-state index contributed by atoms with van der Waals surface area (Å²) in [5.74, 6) is -1.64. The second-order valence-electron chi connectivity index (χ2n) is 4.45. The number of nitrogens with zero attached hydrogens (tertiary/aromatic N) is 1. The van der Waals surface area contributed by atoms with Crippen LogP contribution in [0.3, 0.4) is 0 Å². The Kier molecular flexibility index (Phi) is 6.58. The van der Waals surface area contributed by atoms with Crippen molar-refractivity contribution in [3.8, 4) is 0 Å². The first-order chi connectivity index (χ1) is 9.76. The predicted octanol–water partition coefficient (Wildman–Crippen LogP) is 4.22. The van der Waals surface area contributed by atoms with Crippen LogP contribution >= 0.6 is 34.8 Å². The number of nitrogens with one attached hydrogen (secondary N) is 1. The van der Waals surface area contributed by atoms with E-state index >= 15 is 0 Å². The Morgan fingerprint density at radius 3 is 2.24 bits per heavy atom. The Morgan fingerprint density at radius 1 is 1.29 bits per heavy atom. The molecule has 0 aliphatic rings. The third kappa shape index (κ3) is 4.95. The summed E-state index contributed by atoms with van der Waals surface area (Å²) in [5, 5.41) is 12.3. The Hall–Kier alpha value is -1.17. The van der Waals surface area contributed by atoms with Crippen LogP contribution in [0.15, 0.2) is 12.1 Å². The van der Waals surface area contributed by atoms with Gasteiger partial charge < -0.3 is 15.3 Å². The SMILES string of the molecule is CCN(CC(C)C(=O)O)C(=O)Nc1c(Cl)cc(Cl)cc1Cl. The van der Waals surface area contributed by atoms with E-state index in [1.807, 2.05) is 0 Å². The van der Waals surface area contributed by atoms with Crippen molar-refractivity contribution in [3.05, 3.63) is 27.2 Å². The van der Waals surface area contributed by atoms with Crippen LogP contribution in [-0.4, -0.2) is 35.1 Å². The quantitative estimate of drug-likeness (QED) is 0.832. The Bertz CT molecular complexity index is 528. The smallest absolute Gasteiger partial charge is 0.321 e. The van der Waals surface area contributed by atoms with E-state index in [-0.39, 0.29) is 22.3 Å². The first kappa shape index (κ1) is 17.9. The van der Waals surface area contributed by atoms with E-state index in [1.54, 1.807) is 6.92 Å². The summed E-state index contributed by atoms with van der Waals surface area (Å²) >= 11 is 17.8. The molecule has 0 radical (unpaired) electrons. The molecule has 0 saturated carbocycles. The summed E-state index contributed by atoms with van der Waals surface area (Å²) in [5.41, 5.74) is 0.245. The van der Waals surface area contributed by atoms with Crippen molar-refractivity contribution >= 4 is 52.5 Å². The molecule has 21 heavy (non-hydrogen) atoms. The molecule has 116 valence electrons. The van der Waals surface area contributed by atoms with Gasteiger partial charge in [-0.15, -0.1) is 0 Å². The van der Waals surface area contributed by atoms with Crippen molar-refractivity contribution < 1.29 is 14.7 Å². The first-order valence-electron chi connectivity index (χ1n) is 6.19. The van der Waals surface area contributed by atoms with Gasteiger partial charge in [0.05, 0.1) is 21.7 Å². The second kappa shape index (κ2) is 7.73. The van der Waals surface area contributed by atoms with Crippen molar-refractivity contribution in [2.24, 2.45) is 5.92 Å². The molecule has 0 aromatic heterocycles. The van der Waals surface area contributed by atoms with E-state index in [0.717, 1.165) is 0 Å². The van der Waals surface area contributed by atoms with Crippen molar-refractivity contribution in [1.82, 2.24) is 4.90 Å². The lowest BCUT2D eigenvalue weighted by molar-refractivity contribution is -0.141. The number of hydrogen-bond donors (Lipinski definition) is 2. The summed E-state index contributed by atoms with van der Waals surface area (Å²) in [7, 11) is 0. The number of carbonyl (C=O) groups excluding carboxylic acids is 1. The van der Waals surface area contributed by atoms with Gasteiger partial charge in [0.25, 0.3) is 0 Å². The van der Waals surface area contributed by atoms with Gasteiger partial charge in [0.15, 0.2) is 0 Å². The highest BCUT2D eigenvalue weighted by Crippen LogP contribution is 2.33. The van der Waals surface area contributed by atoms with Gasteiger partial charge in [-0.25, -0.2) is 4.79 Å². The maximum atomic E-state index is 12.2. The Morgan fingerprint density at radius 2 is 1.81 bits per heavy atom. The molecule has 0 fully saturated rings. The molecule has 1 aromatic rings.